The summed E-state index contributed by atoms with van der Waals surface area (Å²) < 4.78 is 5.89. The number of rotatable bonds is 10. The second kappa shape index (κ2) is 10.0. The van der Waals surface area contributed by atoms with Crippen LogP contribution in [0.15, 0.2) is 17.1 Å². The molecule has 33 heavy (non-hydrogen) atoms. The van der Waals surface area contributed by atoms with Crippen LogP contribution in [0.5, 0.6) is 5.88 Å². The Labute approximate surface area is 194 Å². The highest BCUT2D eigenvalue weighted by Gasteiger charge is 2.42. The number of Topliss-reactive ketones (excluding diaryl/α,β-unsaturated/α-hetero) is 1. The first-order chi connectivity index (χ1) is 16.0. The summed E-state index contributed by atoms with van der Waals surface area (Å²) in [5, 5.41) is 2.20. The number of fused-ring (bicyclic) bond motifs is 1. The van der Waals surface area contributed by atoms with Gasteiger partial charge in [0.2, 0.25) is 5.88 Å². The lowest BCUT2D eigenvalue weighted by Crippen LogP contribution is -2.60. The fourth-order valence-electron chi connectivity index (χ4n) is 4.42. The molecule has 2 aliphatic heterocycles. The molecule has 0 aromatic carbocycles. The van der Waals surface area contributed by atoms with Crippen LogP contribution >= 0.6 is 0 Å². The molecule has 2 aromatic rings. The zero-order valence-corrected chi connectivity index (χ0v) is 20.0. The Morgan fingerprint density at radius 3 is 2.70 bits per heavy atom. The van der Waals surface area contributed by atoms with Gasteiger partial charge in [-0.1, -0.05) is 33.6 Å². The van der Waals surface area contributed by atoms with Crippen LogP contribution < -0.4 is 15.7 Å². The van der Waals surface area contributed by atoms with Crippen molar-refractivity contribution >= 4 is 11.5 Å². The maximum atomic E-state index is 13.1. The van der Waals surface area contributed by atoms with Crippen LogP contribution in [0.1, 0.15) is 75.5 Å². The highest BCUT2D eigenvalue weighted by atomic mass is 16.5. The van der Waals surface area contributed by atoms with Gasteiger partial charge in [0.1, 0.15) is 11.5 Å². The minimum Gasteiger partial charge on any atom is -0.477 e. The van der Waals surface area contributed by atoms with E-state index in [9.17, 15) is 9.59 Å². The van der Waals surface area contributed by atoms with E-state index in [1.54, 1.807) is 6.07 Å². The number of hydrazine groups is 1. The van der Waals surface area contributed by atoms with Crippen LogP contribution in [0.25, 0.3) is 11.4 Å². The monoisotopic (exact) mass is 454 g/mol. The SMILES string of the molecule is CCCCOc1ncc(C(C)=O)cc1-c1nc2c(c(=O)[nH]1)NN(C1CN(CC)C1)C2CCC. The van der Waals surface area contributed by atoms with Gasteiger partial charge in [0.25, 0.3) is 5.56 Å². The predicted octanol–water partition coefficient (Wildman–Crippen LogP) is 3.40. The number of carbonyl (C=O) groups is 1. The summed E-state index contributed by atoms with van der Waals surface area (Å²) in [7, 11) is 0. The number of aromatic amines is 1. The Balaban J connectivity index is 1.72. The van der Waals surface area contributed by atoms with Gasteiger partial charge in [-0.15, -0.1) is 0 Å². The van der Waals surface area contributed by atoms with Crippen LogP contribution in [-0.4, -0.2) is 62.9 Å². The molecular formula is C24H34N6O3. The normalized spacial score (nSPS) is 18.6. The topological polar surface area (TPSA) is 103 Å². The number of H-pyrrole nitrogens is 1. The van der Waals surface area contributed by atoms with E-state index in [1.807, 2.05) is 0 Å². The van der Waals surface area contributed by atoms with E-state index in [-0.39, 0.29) is 17.4 Å². The molecule has 0 spiro atoms. The Morgan fingerprint density at radius 2 is 2.03 bits per heavy atom. The molecular weight excluding hydrogens is 420 g/mol. The zero-order valence-electron chi connectivity index (χ0n) is 20.0. The molecule has 2 aliphatic rings. The highest BCUT2D eigenvalue weighted by Crippen LogP contribution is 2.39. The lowest BCUT2D eigenvalue weighted by Gasteiger charge is -2.45. The highest BCUT2D eigenvalue weighted by molar-refractivity contribution is 5.95. The van der Waals surface area contributed by atoms with E-state index < -0.39 is 0 Å². The van der Waals surface area contributed by atoms with Gasteiger partial charge in [-0.2, -0.15) is 0 Å². The molecule has 0 saturated carbocycles. The first kappa shape index (κ1) is 23.4. The number of ether oxygens (including phenoxy) is 1. The first-order valence-corrected chi connectivity index (χ1v) is 12.0. The van der Waals surface area contributed by atoms with Crippen molar-refractivity contribution in [3.05, 3.63) is 33.9 Å². The predicted molar refractivity (Wildman–Crippen MR) is 128 cm³/mol. The Bertz CT molecular complexity index is 1060. The van der Waals surface area contributed by atoms with Gasteiger partial charge >= 0.3 is 0 Å². The van der Waals surface area contributed by atoms with Crippen molar-refractivity contribution < 1.29 is 9.53 Å². The quantitative estimate of drug-likeness (QED) is 0.416. The molecule has 4 heterocycles. The largest absolute Gasteiger partial charge is 0.477 e. The molecule has 0 radical (unpaired) electrons. The molecule has 178 valence electrons. The van der Waals surface area contributed by atoms with E-state index in [1.165, 1.54) is 13.1 Å². The molecule has 1 saturated heterocycles. The number of nitrogens with zero attached hydrogens (tertiary/aromatic N) is 4. The molecule has 4 rings (SSSR count). The van der Waals surface area contributed by atoms with Gasteiger partial charge in [-0.25, -0.2) is 15.0 Å². The van der Waals surface area contributed by atoms with E-state index in [4.69, 9.17) is 9.72 Å². The number of hydrogen-bond acceptors (Lipinski definition) is 8. The number of ketones is 1. The maximum absolute atomic E-state index is 13.1. The van der Waals surface area contributed by atoms with Crippen LogP contribution in [0.2, 0.25) is 0 Å². The average molecular weight is 455 g/mol. The van der Waals surface area contributed by atoms with Gasteiger partial charge in [0.05, 0.1) is 29.9 Å². The van der Waals surface area contributed by atoms with Crippen molar-refractivity contribution in [3.63, 3.8) is 0 Å². The molecule has 2 aromatic heterocycles. The van der Waals surface area contributed by atoms with Gasteiger partial charge in [0, 0.05) is 24.8 Å². The molecule has 1 fully saturated rings. The number of aromatic nitrogens is 3. The van der Waals surface area contributed by atoms with E-state index in [2.05, 4.69) is 46.1 Å². The summed E-state index contributed by atoms with van der Waals surface area (Å²) in [5.41, 5.74) is 5.37. The van der Waals surface area contributed by atoms with Gasteiger partial charge in [0.15, 0.2) is 5.78 Å². The van der Waals surface area contributed by atoms with E-state index in [0.29, 0.717) is 41.2 Å². The smallest absolute Gasteiger partial charge is 0.276 e. The van der Waals surface area contributed by atoms with E-state index >= 15 is 0 Å². The second-order valence-electron chi connectivity index (χ2n) is 8.84. The van der Waals surface area contributed by atoms with Crippen LogP contribution in [0.3, 0.4) is 0 Å². The van der Waals surface area contributed by atoms with Crippen molar-refractivity contribution in [2.24, 2.45) is 0 Å². The number of likely N-dealkylation sites (tertiary alicyclic amines) is 1. The van der Waals surface area contributed by atoms with Crippen molar-refractivity contribution in [2.45, 2.75) is 65.5 Å². The molecule has 1 unspecified atom stereocenters. The van der Waals surface area contributed by atoms with Crippen LogP contribution in [-0.2, 0) is 0 Å². The molecule has 9 nitrogen and oxygen atoms in total. The molecule has 0 bridgehead atoms. The third kappa shape index (κ3) is 4.65. The maximum Gasteiger partial charge on any atom is 0.276 e. The van der Waals surface area contributed by atoms with E-state index in [0.717, 1.165) is 51.0 Å². The molecule has 9 heteroatoms. The van der Waals surface area contributed by atoms with Crippen molar-refractivity contribution in [1.29, 1.82) is 0 Å². The Morgan fingerprint density at radius 1 is 1.24 bits per heavy atom. The van der Waals surface area contributed by atoms with Crippen molar-refractivity contribution in [2.75, 3.05) is 31.7 Å². The summed E-state index contributed by atoms with van der Waals surface area (Å²) in [5.74, 6) is 0.660. The molecule has 1 atom stereocenters. The number of pyridine rings is 1. The van der Waals surface area contributed by atoms with Crippen LogP contribution in [0.4, 0.5) is 5.69 Å². The number of anilines is 1. The number of likely N-dealkylation sites (N-methyl/N-ethyl adjacent to an activating group) is 1. The number of hydrogen-bond donors (Lipinski definition) is 2. The summed E-state index contributed by atoms with van der Waals surface area (Å²) in [6.07, 6.45) is 5.26. The minimum atomic E-state index is -0.224. The summed E-state index contributed by atoms with van der Waals surface area (Å²) >= 11 is 0. The lowest BCUT2D eigenvalue weighted by molar-refractivity contribution is 0.0307. The number of carbonyl (C=O) groups excluding carboxylic acids is 1. The Hall–Kier alpha value is -2.78. The molecule has 0 aliphatic carbocycles. The fraction of sp³-hybridized carbons (Fsp3) is 0.583. The third-order valence-corrected chi connectivity index (χ3v) is 6.43. The second-order valence-corrected chi connectivity index (χ2v) is 8.84. The average Bonchev–Trinajstić information content (AvgIpc) is 3.12. The summed E-state index contributed by atoms with van der Waals surface area (Å²) in [6, 6.07) is 2.07. The van der Waals surface area contributed by atoms with Crippen LogP contribution in [0, 0.1) is 0 Å². The third-order valence-electron chi connectivity index (χ3n) is 6.43. The standard InChI is InChI=1S/C24H34N6O3/c1-5-8-10-33-24-18(11-16(12-25-24)15(4)31)22-26-20-19(9-6-2)30(17-13-29(7-3)14-17)28-21(20)23(32)27-22/h11-12,17,19,28H,5-10,13-14H2,1-4H3,(H,26,27,32). The minimum absolute atomic E-state index is 0.0171. The number of nitrogens with one attached hydrogen (secondary N) is 2. The van der Waals surface area contributed by atoms with Crippen molar-refractivity contribution in [3.8, 4) is 17.3 Å². The summed E-state index contributed by atoms with van der Waals surface area (Å²) in [4.78, 5) is 39.7. The lowest BCUT2D eigenvalue weighted by atomic mass is 10.0. The fourth-order valence-corrected chi connectivity index (χ4v) is 4.42. The zero-order chi connectivity index (χ0) is 23.5. The summed E-state index contributed by atoms with van der Waals surface area (Å²) in [6.45, 7) is 11.4. The first-order valence-electron chi connectivity index (χ1n) is 12.0. The Kier molecular flexibility index (Phi) is 7.09. The van der Waals surface area contributed by atoms with Gasteiger partial charge in [-0.05, 0) is 32.4 Å². The molecule has 2 N–H and O–H groups in total. The van der Waals surface area contributed by atoms with Gasteiger partial charge < -0.3 is 20.0 Å². The molecule has 0 amide bonds. The van der Waals surface area contributed by atoms with Gasteiger partial charge in [-0.3, -0.25) is 9.59 Å². The van der Waals surface area contributed by atoms with Crippen molar-refractivity contribution in [1.82, 2.24) is 24.9 Å². The number of unbranched alkanes of at least 4 members (excludes halogenated alkanes) is 1.